The largest absolute Gasteiger partial charge is 0.356 e. The maximum absolute atomic E-state index is 4.40. The number of hydrogen-bond donors (Lipinski definition) is 2. The van der Waals surface area contributed by atoms with E-state index >= 15 is 0 Å². The standard InChI is InChI=1S/C23H33N7S.HI/c1-24-21(28-19-23(9-10-23)31-20-7-3-2-4-8-20)25-13-6-14-29-15-17-30(18-16-29)22-26-11-5-12-27-22;/h2-5,7-8,11-12H,6,9-10,13-19H2,1H3,(H2,24,25,28);1H. The smallest absolute Gasteiger partial charge is 0.225 e. The van der Waals surface area contributed by atoms with Crippen LogP contribution in [0.1, 0.15) is 19.3 Å². The van der Waals surface area contributed by atoms with Gasteiger partial charge in [0.2, 0.25) is 5.95 Å². The molecular weight excluding hydrogens is 533 g/mol. The fourth-order valence-electron chi connectivity index (χ4n) is 3.79. The van der Waals surface area contributed by atoms with E-state index in [4.69, 9.17) is 0 Å². The summed E-state index contributed by atoms with van der Waals surface area (Å²) in [7, 11) is 1.85. The zero-order valence-electron chi connectivity index (χ0n) is 18.7. The molecule has 174 valence electrons. The predicted octanol–water partition coefficient (Wildman–Crippen LogP) is 3.10. The van der Waals surface area contributed by atoms with E-state index in [1.165, 1.54) is 17.7 Å². The third-order valence-electron chi connectivity index (χ3n) is 5.84. The fourth-order valence-corrected chi connectivity index (χ4v) is 5.04. The minimum atomic E-state index is 0. The van der Waals surface area contributed by atoms with Crippen molar-refractivity contribution in [3.8, 4) is 0 Å². The second kappa shape index (κ2) is 12.6. The van der Waals surface area contributed by atoms with E-state index < -0.39 is 0 Å². The van der Waals surface area contributed by atoms with Crippen molar-refractivity contribution in [2.24, 2.45) is 4.99 Å². The molecule has 0 bridgehead atoms. The van der Waals surface area contributed by atoms with Crippen molar-refractivity contribution in [1.29, 1.82) is 0 Å². The highest BCUT2D eigenvalue weighted by Crippen LogP contribution is 2.51. The topological polar surface area (TPSA) is 68.7 Å². The molecule has 32 heavy (non-hydrogen) atoms. The molecule has 7 nitrogen and oxygen atoms in total. The number of guanidine groups is 1. The van der Waals surface area contributed by atoms with Gasteiger partial charge in [-0.05, 0) is 44.0 Å². The van der Waals surface area contributed by atoms with Crippen LogP contribution in [-0.2, 0) is 0 Å². The molecule has 2 fully saturated rings. The summed E-state index contributed by atoms with van der Waals surface area (Å²) in [5, 5.41) is 7.02. The number of halogens is 1. The number of aliphatic imine (C=N–C) groups is 1. The molecule has 1 aliphatic carbocycles. The molecule has 2 aromatic rings. The number of rotatable bonds is 9. The molecule has 1 aromatic carbocycles. The monoisotopic (exact) mass is 567 g/mol. The lowest BCUT2D eigenvalue weighted by atomic mass is 10.3. The van der Waals surface area contributed by atoms with Gasteiger partial charge in [-0.1, -0.05) is 18.2 Å². The van der Waals surface area contributed by atoms with E-state index in [1.807, 2.05) is 37.3 Å². The summed E-state index contributed by atoms with van der Waals surface area (Å²) in [4.78, 5) is 19.3. The van der Waals surface area contributed by atoms with Gasteiger partial charge >= 0.3 is 0 Å². The number of thioether (sulfide) groups is 1. The number of nitrogens with one attached hydrogen (secondary N) is 2. The first kappa shape index (κ1) is 25.0. The number of anilines is 1. The average molecular weight is 568 g/mol. The first-order valence-corrected chi connectivity index (χ1v) is 12.0. The van der Waals surface area contributed by atoms with Crippen LogP contribution in [0.25, 0.3) is 0 Å². The van der Waals surface area contributed by atoms with Crippen LogP contribution in [0.3, 0.4) is 0 Å². The van der Waals surface area contributed by atoms with Crippen molar-refractivity contribution >= 4 is 47.6 Å². The Kier molecular flexibility index (Phi) is 9.86. The minimum absolute atomic E-state index is 0. The van der Waals surface area contributed by atoms with Gasteiger partial charge in [-0.2, -0.15) is 0 Å². The normalized spacial score (nSPS) is 18.0. The van der Waals surface area contributed by atoms with Gasteiger partial charge in [0.25, 0.3) is 0 Å². The summed E-state index contributed by atoms with van der Waals surface area (Å²) in [6.07, 6.45) is 7.25. The van der Waals surface area contributed by atoms with Crippen molar-refractivity contribution < 1.29 is 0 Å². The first-order chi connectivity index (χ1) is 15.3. The molecule has 1 aliphatic heterocycles. The van der Waals surface area contributed by atoms with Crippen LogP contribution in [0.4, 0.5) is 5.95 Å². The Balaban J connectivity index is 0.00000289. The van der Waals surface area contributed by atoms with Crippen LogP contribution in [-0.4, -0.2) is 78.4 Å². The molecule has 2 aliphatic rings. The summed E-state index contributed by atoms with van der Waals surface area (Å²) >= 11 is 1.99. The van der Waals surface area contributed by atoms with E-state index in [9.17, 15) is 0 Å². The van der Waals surface area contributed by atoms with Gasteiger partial charge in [-0.15, -0.1) is 35.7 Å². The molecule has 2 heterocycles. The first-order valence-electron chi connectivity index (χ1n) is 11.2. The Morgan fingerprint density at radius 3 is 2.41 bits per heavy atom. The quantitative estimate of drug-likeness (QED) is 0.209. The van der Waals surface area contributed by atoms with Gasteiger partial charge < -0.3 is 15.5 Å². The van der Waals surface area contributed by atoms with Gasteiger partial charge in [-0.3, -0.25) is 9.89 Å². The van der Waals surface area contributed by atoms with Crippen LogP contribution < -0.4 is 15.5 Å². The maximum Gasteiger partial charge on any atom is 0.225 e. The molecule has 2 N–H and O–H groups in total. The number of nitrogens with zero attached hydrogens (tertiary/aromatic N) is 5. The van der Waals surface area contributed by atoms with Crippen molar-refractivity contribution in [2.75, 3.05) is 57.8 Å². The van der Waals surface area contributed by atoms with Gasteiger partial charge in [0, 0.05) is 68.4 Å². The molecule has 1 saturated heterocycles. The van der Waals surface area contributed by atoms with E-state index in [0.29, 0.717) is 4.75 Å². The zero-order valence-corrected chi connectivity index (χ0v) is 21.9. The van der Waals surface area contributed by atoms with Crippen LogP contribution >= 0.6 is 35.7 Å². The minimum Gasteiger partial charge on any atom is -0.356 e. The van der Waals surface area contributed by atoms with Crippen LogP contribution in [0, 0.1) is 0 Å². The van der Waals surface area contributed by atoms with Crippen LogP contribution in [0.15, 0.2) is 58.7 Å². The number of piperazine rings is 1. The zero-order chi connectivity index (χ0) is 21.4. The van der Waals surface area contributed by atoms with Gasteiger partial charge in [0.1, 0.15) is 0 Å². The Labute approximate surface area is 212 Å². The second-order valence-corrected chi connectivity index (χ2v) is 9.72. The van der Waals surface area contributed by atoms with Crippen molar-refractivity contribution in [2.45, 2.75) is 28.9 Å². The molecule has 0 atom stereocenters. The third kappa shape index (κ3) is 7.48. The van der Waals surface area contributed by atoms with Crippen LogP contribution in [0.2, 0.25) is 0 Å². The van der Waals surface area contributed by atoms with E-state index in [1.54, 1.807) is 0 Å². The fraction of sp³-hybridized carbons (Fsp3) is 0.522. The molecule has 0 spiro atoms. The van der Waals surface area contributed by atoms with Gasteiger partial charge in [-0.25, -0.2) is 9.97 Å². The number of benzene rings is 1. The molecule has 1 aromatic heterocycles. The summed E-state index contributed by atoms with van der Waals surface area (Å²) < 4.78 is 0.321. The molecule has 0 unspecified atom stereocenters. The summed E-state index contributed by atoms with van der Waals surface area (Å²) in [5.41, 5.74) is 0. The van der Waals surface area contributed by atoms with E-state index in [0.717, 1.165) is 64.1 Å². The van der Waals surface area contributed by atoms with E-state index in [2.05, 4.69) is 65.7 Å². The Hall–Kier alpha value is -1.59. The lowest BCUT2D eigenvalue weighted by Gasteiger charge is -2.34. The second-order valence-electron chi connectivity index (χ2n) is 8.18. The molecular formula is C23H34IN7S. The lowest BCUT2D eigenvalue weighted by molar-refractivity contribution is 0.254. The number of hydrogen-bond acceptors (Lipinski definition) is 6. The third-order valence-corrected chi connectivity index (χ3v) is 7.33. The van der Waals surface area contributed by atoms with Gasteiger partial charge in [0.15, 0.2) is 5.96 Å². The molecule has 1 saturated carbocycles. The van der Waals surface area contributed by atoms with E-state index in [-0.39, 0.29) is 24.0 Å². The Bertz CT molecular complexity index is 825. The summed E-state index contributed by atoms with van der Waals surface area (Å²) in [6.45, 7) is 7.08. The summed E-state index contributed by atoms with van der Waals surface area (Å²) in [5.74, 6) is 1.75. The Morgan fingerprint density at radius 2 is 1.75 bits per heavy atom. The lowest BCUT2D eigenvalue weighted by Crippen LogP contribution is -2.48. The highest BCUT2D eigenvalue weighted by Gasteiger charge is 2.43. The Morgan fingerprint density at radius 1 is 1.03 bits per heavy atom. The maximum atomic E-state index is 4.40. The highest BCUT2D eigenvalue weighted by molar-refractivity contribution is 14.0. The van der Waals surface area contributed by atoms with Crippen molar-refractivity contribution in [1.82, 2.24) is 25.5 Å². The van der Waals surface area contributed by atoms with Gasteiger partial charge in [0.05, 0.1) is 0 Å². The average Bonchev–Trinajstić information content (AvgIpc) is 3.59. The number of aromatic nitrogens is 2. The molecule has 0 amide bonds. The predicted molar refractivity (Wildman–Crippen MR) is 144 cm³/mol. The van der Waals surface area contributed by atoms with Crippen molar-refractivity contribution in [3.05, 3.63) is 48.8 Å². The molecule has 9 heteroatoms. The highest BCUT2D eigenvalue weighted by atomic mass is 127. The summed E-state index contributed by atoms with van der Waals surface area (Å²) in [6, 6.07) is 12.6. The van der Waals surface area contributed by atoms with Crippen LogP contribution in [0.5, 0.6) is 0 Å². The van der Waals surface area contributed by atoms with Crippen molar-refractivity contribution in [3.63, 3.8) is 0 Å². The molecule has 4 rings (SSSR count). The SMILES string of the molecule is CN=C(NCCCN1CCN(c2ncccn2)CC1)NCC1(Sc2ccccc2)CC1.I. The molecule has 0 radical (unpaired) electrons.